The first-order valence-corrected chi connectivity index (χ1v) is 7.19. The van der Waals surface area contributed by atoms with Gasteiger partial charge in [-0.05, 0) is 46.8 Å². The van der Waals surface area contributed by atoms with Gasteiger partial charge >= 0.3 is 0 Å². The van der Waals surface area contributed by atoms with Crippen LogP contribution >= 0.6 is 15.9 Å². The van der Waals surface area contributed by atoms with Gasteiger partial charge in [-0.15, -0.1) is 0 Å². The van der Waals surface area contributed by atoms with Crippen LogP contribution in [0.2, 0.25) is 0 Å². The fraction of sp³-hybridized carbons (Fsp3) is 0.333. The summed E-state index contributed by atoms with van der Waals surface area (Å²) in [4.78, 5) is 9.14. The molecule has 0 atom stereocenters. The molecule has 0 saturated heterocycles. The number of benzene rings is 1. The first kappa shape index (κ1) is 11.8. The van der Waals surface area contributed by atoms with Crippen molar-refractivity contribution in [1.29, 1.82) is 0 Å². The van der Waals surface area contributed by atoms with Gasteiger partial charge < -0.3 is 0 Å². The van der Waals surface area contributed by atoms with Gasteiger partial charge in [0.15, 0.2) is 0 Å². The second-order valence-electron chi connectivity index (χ2n) is 4.76. The van der Waals surface area contributed by atoms with Gasteiger partial charge in [-0.2, -0.15) is 0 Å². The standard InChI is InChI=1S/C15H15BrN2/c1-2-10-3-5-11(6-4-10)13-9-14(16)18-15(17-13)12-7-8-12/h3-6,9,12H,2,7-8H2,1H3. The second-order valence-corrected chi connectivity index (χ2v) is 5.57. The molecule has 0 unspecified atom stereocenters. The third kappa shape index (κ3) is 2.46. The molecule has 92 valence electrons. The van der Waals surface area contributed by atoms with Crippen molar-refractivity contribution in [2.24, 2.45) is 0 Å². The first-order valence-electron chi connectivity index (χ1n) is 6.40. The van der Waals surface area contributed by atoms with Crippen molar-refractivity contribution in [2.45, 2.75) is 32.1 Å². The molecule has 0 amide bonds. The summed E-state index contributed by atoms with van der Waals surface area (Å²) >= 11 is 3.48. The summed E-state index contributed by atoms with van der Waals surface area (Å²) in [6.07, 6.45) is 3.52. The van der Waals surface area contributed by atoms with Crippen molar-refractivity contribution in [3.8, 4) is 11.3 Å². The highest BCUT2D eigenvalue weighted by Gasteiger charge is 2.27. The lowest BCUT2D eigenvalue weighted by molar-refractivity contribution is 0.919. The van der Waals surface area contributed by atoms with E-state index in [1.165, 1.54) is 18.4 Å². The molecule has 1 aliphatic rings. The summed E-state index contributed by atoms with van der Waals surface area (Å²) in [5.41, 5.74) is 3.54. The number of hydrogen-bond acceptors (Lipinski definition) is 2. The molecule has 1 heterocycles. The third-order valence-electron chi connectivity index (χ3n) is 3.31. The minimum absolute atomic E-state index is 0.580. The first-order chi connectivity index (χ1) is 8.76. The van der Waals surface area contributed by atoms with Crippen LogP contribution in [0.25, 0.3) is 11.3 Å². The highest BCUT2D eigenvalue weighted by molar-refractivity contribution is 9.10. The van der Waals surface area contributed by atoms with E-state index in [2.05, 4.69) is 57.1 Å². The van der Waals surface area contributed by atoms with E-state index in [0.717, 1.165) is 28.1 Å². The Bertz CT molecular complexity index is 559. The minimum Gasteiger partial charge on any atom is -0.233 e. The normalized spacial score (nSPS) is 14.8. The zero-order chi connectivity index (χ0) is 12.5. The van der Waals surface area contributed by atoms with Gasteiger partial charge in [-0.25, -0.2) is 9.97 Å². The van der Waals surface area contributed by atoms with Gasteiger partial charge in [0.25, 0.3) is 0 Å². The Balaban J connectivity index is 1.98. The lowest BCUT2D eigenvalue weighted by Gasteiger charge is -2.05. The van der Waals surface area contributed by atoms with Gasteiger partial charge in [0, 0.05) is 11.5 Å². The van der Waals surface area contributed by atoms with Crippen molar-refractivity contribution in [3.05, 3.63) is 46.3 Å². The molecule has 0 radical (unpaired) electrons. The van der Waals surface area contributed by atoms with Crippen molar-refractivity contribution < 1.29 is 0 Å². The zero-order valence-electron chi connectivity index (χ0n) is 10.4. The van der Waals surface area contributed by atoms with Crippen molar-refractivity contribution in [2.75, 3.05) is 0 Å². The van der Waals surface area contributed by atoms with Gasteiger partial charge in [0.05, 0.1) is 5.69 Å². The topological polar surface area (TPSA) is 25.8 Å². The smallest absolute Gasteiger partial charge is 0.133 e. The van der Waals surface area contributed by atoms with Crippen LogP contribution in [0.5, 0.6) is 0 Å². The number of hydrogen-bond donors (Lipinski definition) is 0. The maximum atomic E-state index is 4.68. The summed E-state index contributed by atoms with van der Waals surface area (Å²) in [6, 6.07) is 10.6. The molecule has 18 heavy (non-hydrogen) atoms. The average Bonchev–Trinajstić information content (AvgIpc) is 3.22. The molecule has 0 bridgehead atoms. The number of halogens is 1. The van der Waals surface area contributed by atoms with Crippen LogP contribution in [-0.4, -0.2) is 9.97 Å². The lowest BCUT2D eigenvalue weighted by atomic mass is 10.1. The SMILES string of the molecule is CCc1ccc(-c2cc(Br)nc(C3CC3)n2)cc1. The molecular weight excluding hydrogens is 288 g/mol. The molecular formula is C15H15BrN2. The molecule has 1 aliphatic carbocycles. The largest absolute Gasteiger partial charge is 0.233 e. The molecule has 3 heteroatoms. The van der Waals surface area contributed by atoms with Crippen molar-refractivity contribution in [3.63, 3.8) is 0 Å². The predicted octanol–water partition coefficient (Wildman–Crippen LogP) is 4.35. The summed E-state index contributed by atoms with van der Waals surface area (Å²) in [5, 5.41) is 0. The molecule has 2 nitrogen and oxygen atoms in total. The number of aryl methyl sites for hydroxylation is 1. The summed E-state index contributed by atoms with van der Waals surface area (Å²) in [5.74, 6) is 1.56. The van der Waals surface area contributed by atoms with Crippen LogP contribution in [0.4, 0.5) is 0 Å². The number of aromatic nitrogens is 2. The molecule has 1 saturated carbocycles. The van der Waals surface area contributed by atoms with E-state index in [-0.39, 0.29) is 0 Å². The number of rotatable bonds is 3. The maximum Gasteiger partial charge on any atom is 0.133 e. The summed E-state index contributed by atoms with van der Waals surface area (Å²) in [7, 11) is 0. The second kappa shape index (κ2) is 4.81. The molecule has 1 aromatic heterocycles. The minimum atomic E-state index is 0.580. The van der Waals surface area contributed by atoms with Crippen LogP contribution in [0, 0.1) is 0 Å². The van der Waals surface area contributed by atoms with Gasteiger partial charge in [0.1, 0.15) is 10.4 Å². The lowest BCUT2D eigenvalue weighted by Crippen LogP contribution is -1.95. The van der Waals surface area contributed by atoms with Gasteiger partial charge in [-0.3, -0.25) is 0 Å². The Morgan fingerprint density at radius 2 is 1.89 bits per heavy atom. The van der Waals surface area contributed by atoms with E-state index in [1.807, 2.05) is 6.07 Å². The fourth-order valence-electron chi connectivity index (χ4n) is 2.02. The van der Waals surface area contributed by atoms with E-state index in [0.29, 0.717) is 5.92 Å². The fourth-order valence-corrected chi connectivity index (χ4v) is 2.42. The van der Waals surface area contributed by atoms with Crippen LogP contribution in [0.15, 0.2) is 34.9 Å². The van der Waals surface area contributed by atoms with E-state index in [4.69, 9.17) is 0 Å². The Morgan fingerprint density at radius 1 is 1.17 bits per heavy atom. The van der Waals surface area contributed by atoms with Crippen molar-refractivity contribution in [1.82, 2.24) is 9.97 Å². The van der Waals surface area contributed by atoms with Crippen molar-refractivity contribution >= 4 is 15.9 Å². The molecule has 0 spiro atoms. The zero-order valence-corrected chi connectivity index (χ0v) is 11.9. The van der Waals surface area contributed by atoms with E-state index >= 15 is 0 Å². The van der Waals surface area contributed by atoms with Crippen LogP contribution < -0.4 is 0 Å². The predicted molar refractivity (Wildman–Crippen MR) is 76.5 cm³/mol. The monoisotopic (exact) mass is 302 g/mol. The maximum absolute atomic E-state index is 4.68. The average molecular weight is 303 g/mol. The van der Waals surface area contributed by atoms with Crippen LogP contribution in [-0.2, 0) is 6.42 Å². The highest BCUT2D eigenvalue weighted by Crippen LogP contribution is 2.39. The van der Waals surface area contributed by atoms with E-state index in [9.17, 15) is 0 Å². The third-order valence-corrected chi connectivity index (χ3v) is 3.72. The summed E-state index contributed by atoms with van der Waals surface area (Å²) < 4.78 is 0.883. The van der Waals surface area contributed by atoms with Crippen LogP contribution in [0.3, 0.4) is 0 Å². The van der Waals surface area contributed by atoms with Gasteiger partial charge in [-0.1, -0.05) is 31.2 Å². The van der Waals surface area contributed by atoms with Gasteiger partial charge in [0.2, 0.25) is 0 Å². The Hall–Kier alpha value is -1.22. The Morgan fingerprint density at radius 3 is 2.50 bits per heavy atom. The molecule has 0 aliphatic heterocycles. The highest BCUT2D eigenvalue weighted by atomic mass is 79.9. The Kier molecular flexibility index (Phi) is 3.16. The molecule has 2 aromatic rings. The Labute approximate surface area is 116 Å². The molecule has 1 aromatic carbocycles. The summed E-state index contributed by atoms with van der Waals surface area (Å²) in [6.45, 7) is 2.17. The molecule has 1 fully saturated rings. The number of nitrogens with zero attached hydrogens (tertiary/aromatic N) is 2. The van der Waals surface area contributed by atoms with E-state index < -0.39 is 0 Å². The molecule has 3 rings (SSSR count). The van der Waals surface area contributed by atoms with E-state index in [1.54, 1.807) is 0 Å². The molecule has 0 N–H and O–H groups in total. The van der Waals surface area contributed by atoms with Crippen LogP contribution in [0.1, 0.15) is 37.1 Å². The quantitative estimate of drug-likeness (QED) is 0.788.